The van der Waals surface area contributed by atoms with Crippen molar-refractivity contribution >= 4 is 11.9 Å². The Morgan fingerprint density at radius 3 is 2.22 bits per heavy atom. The normalized spacial score (nSPS) is 11.5. The van der Waals surface area contributed by atoms with E-state index >= 15 is 0 Å². The number of rotatable bonds is 5. The van der Waals surface area contributed by atoms with Crippen LogP contribution in [-0.4, -0.2) is 11.9 Å². The number of carbonyl (C=O) groups excluding carboxylic acids is 2. The van der Waals surface area contributed by atoms with E-state index < -0.39 is 12.0 Å². The molecule has 0 aliphatic heterocycles. The van der Waals surface area contributed by atoms with Crippen LogP contribution in [0.25, 0.3) is 0 Å². The van der Waals surface area contributed by atoms with Crippen molar-refractivity contribution in [2.75, 3.05) is 0 Å². The van der Waals surface area contributed by atoms with Gasteiger partial charge in [0, 0.05) is 6.42 Å². The Hall–Kier alpha value is -0.840. The van der Waals surface area contributed by atoms with Gasteiger partial charge in [-0.2, -0.15) is 0 Å². The molecule has 1 aromatic carbocycles. The Balaban J connectivity index is 0.00000289. The predicted molar refractivity (Wildman–Crippen MR) is 61.8 cm³/mol. The Labute approximate surface area is 129 Å². The standard InChI is InChI=1S/C13H17NO3.Na/c1-9(2)8-11(15)14-12(13(16)17)10-6-4-3-5-7-10;/h3-7,9,12H,8H2,1-2H3,(H,14,15)(H,16,17);/q;+1/p-1. The smallest absolute Gasteiger partial charge is 0.548 e. The van der Waals surface area contributed by atoms with Crippen molar-refractivity contribution < 1.29 is 44.3 Å². The summed E-state index contributed by atoms with van der Waals surface area (Å²) in [6.45, 7) is 3.80. The summed E-state index contributed by atoms with van der Waals surface area (Å²) >= 11 is 0. The molecule has 4 nitrogen and oxygen atoms in total. The molecule has 1 N–H and O–H groups in total. The van der Waals surface area contributed by atoms with Gasteiger partial charge >= 0.3 is 29.6 Å². The van der Waals surface area contributed by atoms with Crippen LogP contribution in [-0.2, 0) is 9.59 Å². The van der Waals surface area contributed by atoms with Gasteiger partial charge in [0.1, 0.15) is 0 Å². The monoisotopic (exact) mass is 257 g/mol. The molecule has 0 aromatic heterocycles. The van der Waals surface area contributed by atoms with Crippen LogP contribution >= 0.6 is 0 Å². The van der Waals surface area contributed by atoms with Gasteiger partial charge in [0.2, 0.25) is 5.91 Å². The predicted octanol–water partition coefficient (Wildman–Crippen LogP) is -2.36. The summed E-state index contributed by atoms with van der Waals surface area (Å²) in [5.41, 5.74) is 0.518. The van der Waals surface area contributed by atoms with Gasteiger partial charge in [0.15, 0.2) is 0 Å². The van der Waals surface area contributed by atoms with E-state index in [1.165, 1.54) is 0 Å². The Bertz CT molecular complexity index is 392. The molecule has 0 aliphatic rings. The number of amides is 1. The number of carboxylic acids is 1. The molecule has 0 saturated carbocycles. The maximum Gasteiger partial charge on any atom is 1.00 e. The van der Waals surface area contributed by atoms with E-state index in [2.05, 4.69) is 5.32 Å². The average molecular weight is 257 g/mol. The maximum absolute atomic E-state index is 11.5. The van der Waals surface area contributed by atoms with Crippen LogP contribution in [0, 0.1) is 5.92 Å². The number of hydrogen-bond acceptors (Lipinski definition) is 3. The number of carbonyl (C=O) groups is 2. The summed E-state index contributed by atoms with van der Waals surface area (Å²) in [5.74, 6) is -1.39. The Kier molecular flexibility index (Phi) is 7.91. The minimum absolute atomic E-state index is 0. The fourth-order valence-electron chi connectivity index (χ4n) is 1.51. The Morgan fingerprint density at radius 1 is 1.22 bits per heavy atom. The van der Waals surface area contributed by atoms with E-state index in [-0.39, 0.29) is 41.4 Å². The van der Waals surface area contributed by atoms with Gasteiger partial charge < -0.3 is 15.2 Å². The van der Waals surface area contributed by atoms with Crippen molar-refractivity contribution in [2.45, 2.75) is 26.3 Å². The zero-order valence-electron chi connectivity index (χ0n) is 11.0. The van der Waals surface area contributed by atoms with E-state index in [1.54, 1.807) is 30.3 Å². The van der Waals surface area contributed by atoms with Crippen molar-refractivity contribution in [2.24, 2.45) is 5.92 Å². The molecule has 92 valence electrons. The second-order valence-corrected chi connectivity index (χ2v) is 4.33. The first-order valence-corrected chi connectivity index (χ1v) is 5.56. The average Bonchev–Trinajstić information content (AvgIpc) is 2.25. The summed E-state index contributed by atoms with van der Waals surface area (Å²) in [6, 6.07) is 7.44. The largest absolute Gasteiger partial charge is 1.00 e. The van der Waals surface area contributed by atoms with Crippen molar-refractivity contribution in [3.8, 4) is 0 Å². The molecule has 0 fully saturated rings. The first-order chi connectivity index (χ1) is 8.00. The number of nitrogens with one attached hydrogen (secondary N) is 1. The van der Waals surface area contributed by atoms with E-state index in [4.69, 9.17) is 0 Å². The summed E-state index contributed by atoms with van der Waals surface area (Å²) < 4.78 is 0. The molecule has 0 spiro atoms. The Morgan fingerprint density at radius 2 is 1.78 bits per heavy atom. The summed E-state index contributed by atoms with van der Waals surface area (Å²) in [4.78, 5) is 22.5. The van der Waals surface area contributed by atoms with E-state index in [0.717, 1.165) is 0 Å². The van der Waals surface area contributed by atoms with Crippen LogP contribution in [0.15, 0.2) is 30.3 Å². The van der Waals surface area contributed by atoms with Gasteiger partial charge in [-0.25, -0.2) is 0 Å². The van der Waals surface area contributed by atoms with Gasteiger partial charge in [0.25, 0.3) is 0 Å². The first kappa shape index (κ1) is 17.2. The van der Waals surface area contributed by atoms with Crippen molar-refractivity contribution in [3.63, 3.8) is 0 Å². The zero-order chi connectivity index (χ0) is 12.8. The molecule has 5 heteroatoms. The number of carboxylic acid groups (broad SMARTS) is 1. The summed E-state index contributed by atoms with van der Waals surface area (Å²) in [7, 11) is 0. The van der Waals surface area contributed by atoms with Crippen molar-refractivity contribution in [1.82, 2.24) is 5.32 Å². The molecule has 18 heavy (non-hydrogen) atoms. The topological polar surface area (TPSA) is 69.2 Å². The molecule has 1 amide bonds. The summed E-state index contributed by atoms with van der Waals surface area (Å²) in [5, 5.41) is 13.5. The number of hydrogen-bond donors (Lipinski definition) is 1. The van der Waals surface area contributed by atoms with Crippen molar-refractivity contribution in [1.29, 1.82) is 0 Å². The molecular weight excluding hydrogens is 241 g/mol. The molecule has 0 bridgehead atoms. The van der Waals surface area contributed by atoms with Gasteiger partial charge in [-0.1, -0.05) is 44.2 Å². The van der Waals surface area contributed by atoms with Crippen molar-refractivity contribution in [3.05, 3.63) is 35.9 Å². The summed E-state index contributed by atoms with van der Waals surface area (Å²) in [6.07, 6.45) is 0.302. The molecule has 0 saturated heterocycles. The molecule has 1 aromatic rings. The van der Waals surface area contributed by atoms with Gasteiger partial charge in [-0.15, -0.1) is 0 Å². The van der Waals surface area contributed by atoms with E-state index in [9.17, 15) is 14.7 Å². The van der Waals surface area contributed by atoms with Crippen LogP contribution in [0.5, 0.6) is 0 Å². The van der Waals surface area contributed by atoms with Crippen LogP contribution in [0.3, 0.4) is 0 Å². The molecule has 0 heterocycles. The second-order valence-electron chi connectivity index (χ2n) is 4.33. The van der Waals surface area contributed by atoms with Crippen LogP contribution in [0.4, 0.5) is 0 Å². The van der Waals surface area contributed by atoms with E-state index in [0.29, 0.717) is 12.0 Å². The van der Waals surface area contributed by atoms with Gasteiger partial charge in [-0.05, 0) is 11.5 Å². The van der Waals surface area contributed by atoms with Crippen LogP contribution in [0.2, 0.25) is 0 Å². The molecule has 0 radical (unpaired) electrons. The van der Waals surface area contributed by atoms with Crippen LogP contribution < -0.4 is 40.0 Å². The maximum atomic E-state index is 11.5. The van der Waals surface area contributed by atoms with Crippen LogP contribution in [0.1, 0.15) is 31.9 Å². The quantitative estimate of drug-likeness (QED) is 0.600. The number of aliphatic carboxylic acids is 1. The van der Waals surface area contributed by atoms with Gasteiger partial charge in [0.05, 0.1) is 12.0 Å². The molecule has 0 aliphatic carbocycles. The third-order valence-corrected chi connectivity index (χ3v) is 2.27. The third kappa shape index (κ3) is 5.67. The molecule has 1 unspecified atom stereocenters. The second kappa shape index (κ2) is 8.29. The SMILES string of the molecule is CC(C)CC(=O)NC(C(=O)[O-])c1ccccc1.[Na+]. The minimum Gasteiger partial charge on any atom is -0.548 e. The molecule has 1 atom stereocenters. The first-order valence-electron chi connectivity index (χ1n) is 5.56. The number of benzene rings is 1. The fraction of sp³-hybridized carbons (Fsp3) is 0.385. The third-order valence-electron chi connectivity index (χ3n) is 2.27. The zero-order valence-corrected chi connectivity index (χ0v) is 13.0. The fourth-order valence-corrected chi connectivity index (χ4v) is 1.51. The molecular formula is C13H16NNaO3. The minimum atomic E-state index is -1.30. The van der Waals surface area contributed by atoms with E-state index in [1.807, 2.05) is 13.8 Å². The molecule has 1 rings (SSSR count). The van der Waals surface area contributed by atoms with Gasteiger partial charge in [-0.3, -0.25) is 4.79 Å².